The fourth-order valence-corrected chi connectivity index (χ4v) is 2.46. The third-order valence-corrected chi connectivity index (χ3v) is 3.19. The van der Waals surface area contributed by atoms with Gasteiger partial charge in [0.05, 0.1) is 5.41 Å². The molecule has 1 N–H and O–H groups in total. The van der Waals surface area contributed by atoms with Gasteiger partial charge in [0, 0.05) is 0 Å². The largest absolute Gasteiger partial charge is 0.481 e. The van der Waals surface area contributed by atoms with Crippen molar-refractivity contribution in [2.75, 3.05) is 11.5 Å². The molecule has 2 nitrogen and oxygen atoms in total. The van der Waals surface area contributed by atoms with Gasteiger partial charge in [-0.15, -0.1) is 6.58 Å². The van der Waals surface area contributed by atoms with E-state index in [0.717, 1.165) is 24.3 Å². The van der Waals surface area contributed by atoms with Gasteiger partial charge in [-0.25, -0.2) is 0 Å². The molecule has 0 aromatic rings. The van der Waals surface area contributed by atoms with Gasteiger partial charge >= 0.3 is 5.97 Å². The van der Waals surface area contributed by atoms with Crippen LogP contribution in [-0.4, -0.2) is 22.6 Å². The maximum absolute atomic E-state index is 10.8. The molecule has 0 amide bonds. The summed E-state index contributed by atoms with van der Waals surface area (Å²) in [5.41, 5.74) is -0.620. The fourth-order valence-electron chi connectivity index (χ4n) is 1.24. The molecule has 0 aromatic heterocycles. The van der Waals surface area contributed by atoms with Gasteiger partial charge in [-0.1, -0.05) is 6.08 Å². The van der Waals surface area contributed by atoms with Crippen LogP contribution in [0.3, 0.4) is 0 Å². The molecule has 1 saturated heterocycles. The van der Waals surface area contributed by atoms with E-state index in [1.54, 1.807) is 6.08 Å². The topological polar surface area (TPSA) is 37.3 Å². The molecule has 0 aliphatic carbocycles. The second kappa shape index (κ2) is 3.30. The van der Waals surface area contributed by atoms with E-state index in [0.29, 0.717) is 0 Å². The number of hydrogen-bond donors (Lipinski definition) is 1. The molecule has 1 heterocycles. The van der Waals surface area contributed by atoms with Crippen LogP contribution in [0.2, 0.25) is 0 Å². The molecule has 1 aliphatic rings. The highest BCUT2D eigenvalue weighted by Crippen LogP contribution is 2.35. The Morgan fingerprint density at radius 2 is 2.09 bits per heavy atom. The van der Waals surface area contributed by atoms with Crippen LogP contribution in [0.5, 0.6) is 0 Å². The summed E-state index contributed by atoms with van der Waals surface area (Å²) in [5.74, 6) is 1.17. The Morgan fingerprint density at radius 1 is 1.55 bits per heavy atom. The summed E-state index contributed by atoms with van der Waals surface area (Å²) in [7, 11) is 0. The summed E-state index contributed by atoms with van der Waals surface area (Å²) < 4.78 is 0. The van der Waals surface area contributed by atoms with Crippen molar-refractivity contribution in [3.63, 3.8) is 0 Å². The van der Waals surface area contributed by atoms with Gasteiger partial charge < -0.3 is 5.11 Å². The molecule has 0 radical (unpaired) electrons. The Kier molecular flexibility index (Phi) is 2.60. The smallest absolute Gasteiger partial charge is 0.313 e. The lowest BCUT2D eigenvalue weighted by molar-refractivity contribution is -0.146. The van der Waals surface area contributed by atoms with Gasteiger partial charge in [0.2, 0.25) is 0 Å². The fraction of sp³-hybridized carbons (Fsp3) is 0.625. The molecule has 0 unspecified atom stereocenters. The van der Waals surface area contributed by atoms with Crippen molar-refractivity contribution >= 4 is 17.7 Å². The van der Waals surface area contributed by atoms with E-state index in [2.05, 4.69) is 6.58 Å². The summed E-state index contributed by atoms with van der Waals surface area (Å²) in [6.07, 6.45) is 3.06. The van der Waals surface area contributed by atoms with Crippen molar-refractivity contribution in [1.82, 2.24) is 0 Å². The van der Waals surface area contributed by atoms with E-state index in [9.17, 15) is 4.79 Å². The number of hydrogen-bond acceptors (Lipinski definition) is 2. The summed E-state index contributed by atoms with van der Waals surface area (Å²) in [6.45, 7) is 3.59. The highest BCUT2D eigenvalue weighted by atomic mass is 32.2. The second-order valence-corrected chi connectivity index (χ2v) is 4.00. The van der Waals surface area contributed by atoms with Gasteiger partial charge in [-0.05, 0) is 24.3 Å². The summed E-state index contributed by atoms with van der Waals surface area (Å²) in [4.78, 5) is 10.8. The standard InChI is InChI=1S/C8H12O2S/c1-2-8(7(9)10)3-5-11-6-4-8/h2H,1,3-6H2,(H,9,10). The average Bonchev–Trinajstić information content (AvgIpc) is 2.05. The first-order valence-corrected chi connectivity index (χ1v) is 4.81. The molecule has 62 valence electrons. The van der Waals surface area contributed by atoms with Crippen LogP contribution in [0.15, 0.2) is 12.7 Å². The van der Waals surface area contributed by atoms with Crippen LogP contribution in [-0.2, 0) is 4.79 Å². The molecule has 0 saturated carbocycles. The third-order valence-electron chi connectivity index (χ3n) is 2.20. The van der Waals surface area contributed by atoms with E-state index in [4.69, 9.17) is 5.11 Å². The lowest BCUT2D eigenvalue weighted by atomic mass is 9.82. The summed E-state index contributed by atoms with van der Waals surface area (Å²) in [5, 5.41) is 8.91. The molecule has 11 heavy (non-hydrogen) atoms. The van der Waals surface area contributed by atoms with E-state index < -0.39 is 11.4 Å². The predicted octanol–water partition coefficient (Wildman–Crippen LogP) is 1.77. The molecular weight excluding hydrogens is 160 g/mol. The summed E-state index contributed by atoms with van der Waals surface area (Å²) in [6, 6.07) is 0. The van der Waals surface area contributed by atoms with Crippen LogP contribution in [0.1, 0.15) is 12.8 Å². The lowest BCUT2D eigenvalue weighted by Gasteiger charge is -2.29. The van der Waals surface area contributed by atoms with Gasteiger partial charge in [-0.3, -0.25) is 4.79 Å². The number of carboxylic acid groups (broad SMARTS) is 1. The minimum absolute atomic E-state index is 0.620. The van der Waals surface area contributed by atoms with Crippen LogP contribution < -0.4 is 0 Å². The number of thioether (sulfide) groups is 1. The Labute approximate surface area is 70.7 Å². The average molecular weight is 172 g/mol. The second-order valence-electron chi connectivity index (χ2n) is 2.78. The number of rotatable bonds is 2. The Morgan fingerprint density at radius 3 is 2.36 bits per heavy atom. The van der Waals surface area contributed by atoms with Crippen molar-refractivity contribution in [3.05, 3.63) is 12.7 Å². The summed E-state index contributed by atoms with van der Waals surface area (Å²) >= 11 is 1.82. The normalized spacial score (nSPS) is 22.5. The van der Waals surface area contributed by atoms with Crippen molar-refractivity contribution in [2.24, 2.45) is 5.41 Å². The molecule has 0 atom stereocenters. The Bertz CT molecular complexity index is 171. The lowest BCUT2D eigenvalue weighted by Crippen LogP contribution is -2.32. The predicted molar refractivity (Wildman–Crippen MR) is 46.8 cm³/mol. The molecule has 0 spiro atoms. The molecule has 0 aromatic carbocycles. The Hall–Kier alpha value is -0.440. The first kappa shape index (κ1) is 8.65. The van der Waals surface area contributed by atoms with Crippen molar-refractivity contribution in [1.29, 1.82) is 0 Å². The van der Waals surface area contributed by atoms with Crippen LogP contribution in [0, 0.1) is 5.41 Å². The van der Waals surface area contributed by atoms with Crippen molar-refractivity contribution in [3.8, 4) is 0 Å². The number of carboxylic acids is 1. The van der Waals surface area contributed by atoms with Gasteiger partial charge in [-0.2, -0.15) is 11.8 Å². The highest BCUT2D eigenvalue weighted by Gasteiger charge is 2.36. The first-order chi connectivity index (χ1) is 5.21. The zero-order chi connectivity index (χ0) is 8.32. The quantitative estimate of drug-likeness (QED) is 0.645. The Balaban J connectivity index is 2.72. The van der Waals surface area contributed by atoms with Crippen molar-refractivity contribution < 1.29 is 9.90 Å². The van der Waals surface area contributed by atoms with Crippen LogP contribution >= 0.6 is 11.8 Å². The minimum Gasteiger partial charge on any atom is -0.481 e. The monoisotopic (exact) mass is 172 g/mol. The third kappa shape index (κ3) is 1.59. The van der Waals surface area contributed by atoms with E-state index in [1.807, 2.05) is 11.8 Å². The SMILES string of the molecule is C=CC1(C(=O)O)CCSCC1. The first-order valence-electron chi connectivity index (χ1n) is 3.66. The maximum Gasteiger partial charge on any atom is 0.313 e. The zero-order valence-electron chi connectivity index (χ0n) is 6.38. The van der Waals surface area contributed by atoms with Gasteiger partial charge in [0.1, 0.15) is 0 Å². The van der Waals surface area contributed by atoms with Gasteiger partial charge in [0.15, 0.2) is 0 Å². The molecule has 0 bridgehead atoms. The maximum atomic E-state index is 10.8. The van der Waals surface area contributed by atoms with E-state index >= 15 is 0 Å². The molecule has 1 fully saturated rings. The molecule has 1 aliphatic heterocycles. The van der Waals surface area contributed by atoms with E-state index in [1.165, 1.54) is 0 Å². The van der Waals surface area contributed by atoms with E-state index in [-0.39, 0.29) is 0 Å². The zero-order valence-corrected chi connectivity index (χ0v) is 7.19. The van der Waals surface area contributed by atoms with Crippen molar-refractivity contribution in [2.45, 2.75) is 12.8 Å². The molecule has 3 heteroatoms. The highest BCUT2D eigenvalue weighted by molar-refractivity contribution is 7.99. The van der Waals surface area contributed by atoms with Gasteiger partial charge in [0.25, 0.3) is 0 Å². The molecule has 1 rings (SSSR count). The van der Waals surface area contributed by atoms with Crippen LogP contribution in [0.25, 0.3) is 0 Å². The number of aliphatic carboxylic acids is 1. The minimum atomic E-state index is -0.715. The number of carbonyl (C=O) groups is 1. The van der Waals surface area contributed by atoms with Crippen LogP contribution in [0.4, 0.5) is 0 Å². The molecular formula is C8H12O2S.